The number of carboxylic acids is 1. The monoisotopic (exact) mass is 736 g/mol. The van der Waals surface area contributed by atoms with Crippen molar-refractivity contribution < 1.29 is 67.1 Å². The molecule has 292 valence electrons. The van der Waals surface area contributed by atoms with E-state index in [1.165, 1.54) is 14.2 Å². The highest BCUT2D eigenvalue weighted by Crippen LogP contribution is 2.69. The predicted molar refractivity (Wildman–Crippen MR) is 181 cm³/mol. The lowest BCUT2D eigenvalue weighted by Crippen LogP contribution is -2.59. The SMILES string of the molecule is COC(=O)COC(=O)CCC(=O)OC1CCC2(C)C(CCC3C2CC(OC(=O)CCC(=O)OCC(=O)OC)C2(C)C(C(C)CCC(=O)O)CCC32)C1. The maximum Gasteiger partial charge on any atom is 0.344 e. The van der Waals surface area contributed by atoms with E-state index in [2.05, 4.69) is 30.2 Å². The number of hydrogen-bond acceptors (Lipinski definition) is 13. The summed E-state index contributed by atoms with van der Waals surface area (Å²) < 4.78 is 30.8. The molecule has 14 heteroatoms. The Bertz CT molecular complexity index is 1340. The Labute approximate surface area is 305 Å². The van der Waals surface area contributed by atoms with Crippen LogP contribution in [0.25, 0.3) is 0 Å². The van der Waals surface area contributed by atoms with Gasteiger partial charge >= 0.3 is 41.8 Å². The third kappa shape index (κ3) is 9.63. The quantitative estimate of drug-likeness (QED) is 0.171. The molecule has 0 radical (unpaired) electrons. The molecule has 0 heterocycles. The molecule has 4 aliphatic rings. The van der Waals surface area contributed by atoms with Gasteiger partial charge in [0.05, 0.1) is 39.9 Å². The van der Waals surface area contributed by atoms with Crippen LogP contribution in [0.1, 0.15) is 111 Å². The lowest BCUT2D eigenvalue weighted by molar-refractivity contribution is -0.199. The smallest absolute Gasteiger partial charge is 0.344 e. The molecule has 10 unspecified atom stereocenters. The van der Waals surface area contributed by atoms with Gasteiger partial charge in [0, 0.05) is 11.8 Å². The molecular weight excluding hydrogens is 680 g/mol. The third-order valence-electron chi connectivity index (χ3n) is 13.1. The number of aliphatic carboxylic acids is 1. The zero-order valence-electron chi connectivity index (χ0n) is 31.2. The van der Waals surface area contributed by atoms with Gasteiger partial charge < -0.3 is 33.5 Å². The topological polar surface area (TPSA) is 195 Å². The van der Waals surface area contributed by atoms with Crippen molar-refractivity contribution in [1.82, 2.24) is 0 Å². The fourth-order valence-corrected chi connectivity index (χ4v) is 10.4. The van der Waals surface area contributed by atoms with E-state index in [-0.39, 0.29) is 78.6 Å². The van der Waals surface area contributed by atoms with E-state index < -0.39 is 61.1 Å². The fourth-order valence-electron chi connectivity index (χ4n) is 10.4. The summed E-state index contributed by atoms with van der Waals surface area (Å²) >= 11 is 0. The van der Waals surface area contributed by atoms with Crippen LogP contribution >= 0.6 is 0 Å². The van der Waals surface area contributed by atoms with E-state index in [1.807, 2.05) is 0 Å². The van der Waals surface area contributed by atoms with Crippen LogP contribution in [-0.2, 0) is 62.0 Å². The van der Waals surface area contributed by atoms with Gasteiger partial charge in [0.2, 0.25) is 0 Å². The minimum Gasteiger partial charge on any atom is -0.481 e. The third-order valence-corrected chi connectivity index (χ3v) is 13.1. The average molecular weight is 737 g/mol. The predicted octanol–water partition coefficient (Wildman–Crippen LogP) is 4.57. The Hall–Kier alpha value is -3.71. The largest absolute Gasteiger partial charge is 0.481 e. The van der Waals surface area contributed by atoms with Crippen molar-refractivity contribution >= 4 is 41.8 Å². The van der Waals surface area contributed by atoms with Gasteiger partial charge in [-0.3, -0.25) is 24.0 Å². The summed E-state index contributed by atoms with van der Waals surface area (Å²) in [5, 5.41) is 9.42. The number of esters is 6. The van der Waals surface area contributed by atoms with Crippen LogP contribution < -0.4 is 0 Å². The molecule has 4 aliphatic carbocycles. The van der Waals surface area contributed by atoms with Gasteiger partial charge in [0.15, 0.2) is 13.2 Å². The summed E-state index contributed by atoms with van der Waals surface area (Å²) in [5.41, 5.74) is -0.450. The van der Waals surface area contributed by atoms with Crippen LogP contribution in [0.15, 0.2) is 0 Å². The van der Waals surface area contributed by atoms with Crippen LogP contribution in [0.2, 0.25) is 0 Å². The van der Waals surface area contributed by atoms with Crippen molar-refractivity contribution in [2.75, 3.05) is 27.4 Å². The summed E-state index contributed by atoms with van der Waals surface area (Å²) in [7, 11) is 2.37. The first kappa shape index (κ1) is 41.1. The first-order valence-corrected chi connectivity index (χ1v) is 18.7. The first-order valence-electron chi connectivity index (χ1n) is 18.7. The molecule has 0 bridgehead atoms. The molecule has 10 atom stereocenters. The Morgan fingerprint density at radius 1 is 0.673 bits per heavy atom. The number of carbonyl (C=O) groups is 7. The van der Waals surface area contributed by atoms with Crippen LogP contribution in [0.4, 0.5) is 0 Å². The zero-order valence-corrected chi connectivity index (χ0v) is 31.2. The lowest BCUT2D eigenvalue weighted by atomic mass is 9.43. The number of fused-ring (bicyclic) bond motifs is 5. The van der Waals surface area contributed by atoms with E-state index in [4.69, 9.17) is 18.9 Å². The maximum absolute atomic E-state index is 13.4. The highest BCUT2D eigenvalue weighted by Gasteiger charge is 2.65. The molecule has 4 fully saturated rings. The van der Waals surface area contributed by atoms with Gasteiger partial charge in [0.1, 0.15) is 12.2 Å². The molecule has 0 aromatic carbocycles. The molecule has 0 aromatic heterocycles. The van der Waals surface area contributed by atoms with E-state index in [0.717, 1.165) is 32.1 Å². The van der Waals surface area contributed by atoms with E-state index >= 15 is 0 Å². The van der Waals surface area contributed by atoms with Gasteiger partial charge in [-0.05, 0) is 98.7 Å². The van der Waals surface area contributed by atoms with Gasteiger partial charge in [-0.1, -0.05) is 20.8 Å². The maximum atomic E-state index is 13.4. The van der Waals surface area contributed by atoms with Crippen LogP contribution in [0, 0.1) is 46.3 Å². The van der Waals surface area contributed by atoms with Crippen molar-refractivity contribution in [1.29, 1.82) is 0 Å². The second-order valence-corrected chi connectivity index (χ2v) is 15.7. The van der Waals surface area contributed by atoms with Crippen molar-refractivity contribution in [3.63, 3.8) is 0 Å². The summed E-state index contributed by atoms with van der Waals surface area (Å²) in [6, 6.07) is 0. The molecule has 14 nitrogen and oxygen atoms in total. The van der Waals surface area contributed by atoms with Crippen LogP contribution in [0.3, 0.4) is 0 Å². The average Bonchev–Trinajstić information content (AvgIpc) is 3.48. The van der Waals surface area contributed by atoms with Crippen molar-refractivity contribution in [2.45, 2.75) is 123 Å². The minimum absolute atomic E-state index is 0.0770. The molecule has 0 saturated heterocycles. The number of rotatable bonds is 16. The summed E-state index contributed by atoms with van der Waals surface area (Å²) in [5.74, 6) is -3.09. The van der Waals surface area contributed by atoms with Crippen molar-refractivity contribution in [3.8, 4) is 0 Å². The van der Waals surface area contributed by atoms with Crippen molar-refractivity contribution in [3.05, 3.63) is 0 Å². The second kappa shape index (κ2) is 17.9. The normalized spacial score (nSPS) is 32.4. The fraction of sp³-hybridized carbons (Fsp3) is 0.816. The second-order valence-electron chi connectivity index (χ2n) is 15.7. The van der Waals surface area contributed by atoms with Crippen LogP contribution in [0.5, 0.6) is 0 Å². The van der Waals surface area contributed by atoms with Gasteiger partial charge in [-0.2, -0.15) is 0 Å². The number of methoxy groups -OCH3 is 2. The Morgan fingerprint density at radius 3 is 1.83 bits per heavy atom. The zero-order chi connectivity index (χ0) is 38.2. The number of carbonyl (C=O) groups excluding carboxylic acids is 6. The summed E-state index contributed by atoms with van der Waals surface area (Å²) in [4.78, 5) is 84.3. The molecule has 0 spiro atoms. The first-order chi connectivity index (χ1) is 24.6. The van der Waals surface area contributed by atoms with Gasteiger partial charge in [-0.25, -0.2) is 9.59 Å². The Morgan fingerprint density at radius 2 is 1.25 bits per heavy atom. The molecular formula is C38H56O14. The van der Waals surface area contributed by atoms with Gasteiger partial charge in [-0.15, -0.1) is 0 Å². The molecule has 1 N–H and O–H groups in total. The summed E-state index contributed by atoms with van der Waals surface area (Å²) in [6.07, 6.45) is 5.87. The summed E-state index contributed by atoms with van der Waals surface area (Å²) in [6.45, 7) is 5.62. The van der Waals surface area contributed by atoms with Crippen LogP contribution in [-0.4, -0.2) is 86.5 Å². The highest BCUT2D eigenvalue weighted by atomic mass is 16.6. The number of ether oxygens (including phenoxy) is 6. The van der Waals surface area contributed by atoms with E-state index in [1.54, 1.807) is 0 Å². The van der Waals surface area contributed by atoms with E-state index in [0.29, 0.717) is 31.6 Å². The molecule has 0 aliphatic heterocycles. The minimum atomic E-state index is -0.831. The Kier molecular flexibility index (Phi) is 14.1. The molecule has 4 saturated carbocycles. The molecule has 0 amide bonds. The number of hydrogen-bond donors (Lipinski definition) is 1. The molecule has 0 aromatic rings. The lowest BCUT2D eigenvalue weighted by Gasteiger charge is -2.62. The Balaban J connectivity index is 1.44. The van der Waals surface area contributed by atoms with E-state index in [9.17, 15) is 38.7 Å². The molecule has 52 heavy (non-hydrogen) atoms. The van der Waals surface area contributed by atoms with Crippen molar-refractivity contribution in [2.24, 2.45) is 46.3 Å². The van der Waals surface area contributed by atoms with Gasteiger partial charge in [0.25, 0.3) is 0 Å². The standard InChI is InChI=1S/C38H56O14/c1-22(6-11-30(39)40)26-9-10-27-25-8-7-23-18-24(51-33(43)14-12-31(41)49-20-35(45)47-4)16-17-37(23,2)28(25)19-29(38(26,27)3)52-34(44)15-13-32(42)50-21-36(46)48-5/h22-29H,6-21H2,1-5H3,(H,39,40). The number of carboxylic acid groups (broad SMARTS) is 1. The highest BCUT2D eigenvalue weighted by molar-refractivity contribution is 5.80. The molecule has 4 rings (SSSR count).